The Kier molecular flexibility index (Phi) is 8.82. The van der Waals surface area contributed by atoms with Gasteiger partial charge in [-0.25, -0.2) is 9.59 Å². The lowest BCUT2D eigenvalue weighted by Crippen LogP contribution is -2.54. The summed E-state index contributed by atoms with van der Waals surface area (Å²) in [7, 11) is 0. The maximum absolute atomic E-state index is 12.7. The molecule has 0 spiro atoms. The summed E-state index contributed by atoms with van der Waals surface area (Å²) in [5, 5.41) is 7.95. The first-order valence-corrected chi connectivity index (χ1v) is 11.7. The van der Waals surface area contributed by atoms with E-state index >= 15 is 0 Å². The van der Waals surface area contributed by atoms with E-state index in [2.05, 4.69) is 0 Å². The van der Waals surface area contributed by atoms with E-state index < -0.39 is 40.1 Å². The molecule has 0 saturated carbocycles. The van der Waals surface area contributed by atoms with E-state index in [0.717, 1.165) is 0 Å². The van der Waals surface area contributed by atoms with Crippen LogP contribution in [0.5, 0.6) is 0 Å². The molecule has 2 aromatic carbocycles. The zero-order valence-electron chi connectivity index (χ0n) is 18.5. The summed E-state index contributed by atoms with van der Waals surface area (Å²) in [6, 6.07) is 17.0. The standard InChI is InChI=1S/C24H24Cl3NO6/c1-14-15(2)19(33-21(30)17-11-7-4-8-12-17)22(34-23(28)24(25,26)27)32-18(14)13-31-20(29)16-9-5-3-6-10-16/h3-12,14-15,18-19,22,28H,13H2,1-2H3/t14-,15?,18?,19-,22?/m0/s1. The van der Waals surface area contributed by atoms with Crippen LogP contribution in [0.25, 0.3) is 0 Å². The second-order valence-electron chi connectivity index (χ2n) is 7.91. The van der Waals surface area contributed by atoms with Gasteiger partial charge in [0, 0.05) is 5.92 Å². The monoisotopic (exact) mass is 527 g/mol. The van der Waals surface area contributed by atoms with Gasteiger partial charge in [0.15, 0.2) is 6.10 Å². The number of alkyl halides is 3. The number of hydrogen-bond donors (Lipinski definition) is 1. The van der Waals surface area contributed by atoms with E-state index in [0.29, 0.717) is 11.1 Å². The van der Waals surface area contributed by atoms with Crippen LogP contribution in [0.3, 0.4) is 0 Å². The highest BCUT2D eigenvalue weighted by Crippen LogP contribution is 2.36. The summed E-state index contributed by atoms with van der Waals surface area (Å²) in [5.41, 5.74) is 0.746. The van der Waals surface area contributed by atoms with Crippen molar-refractivity contribution in [1.82, 2.24) is 0 Å². The number of esters is 2. The number of benzene rings is 2. The van der Waals surface area contributed by atoms with Crippen LogP contribution < -0.4 is 0 Å². The number of rotatable bonds is 6. The topological polar surface area (TPSA) is 94.9 Å². The predicted octanol–water partition coefficient (Wildman–Crippen LogP) is 5.43. The minimum Gasteiger partial charge on any atom is -0.459 e. The van der Waals surface area contributed by atoms with Crippen molar-refractivity contribution in [2.75, 3.05) is 6.61 Å². The highest BCUT2D eigenvalue weighted by Gasteiger charge is 2.47. The molecule has 1 aliphatic heterocycles. The highest BCUT2D eigenvalue weighted by atomic mass is 35.6. The van der Waals surface area contributed by atoms with Gasteiger partial charge in [-0.1, -0.05) is 85.0 Å². The summed E-state index contributed by atoms with van der Waals surface area (Å²) < 4.78 is 20.5. The number of carbonyl (C=O) groups is 2. The molecular formula is C24H24Cl3NO6. The quantitative estimate of drug-likeness (QED) is 0.232. The fourth-order valence-corrected chi connectivity index (χ4v) is 3.61. The maximum Gasteiger partial charge on any atom is 0.338 e. The molecule has 1 aliphatic rings. The van der Waals surface area contributed by atoms with Crippen LogP contribution in [-0.2, 0) is 18.9 Å². The van der Waals surface area contributed by atoms with Crippen LogP contribution in [0.4, 0.5) is 0 Å². The summed E-state index contributed by atoms with van der Waals surface area (Å²) in [6.07, 6.45) is -2.80. The van der Waals surface area contributed by atoms with Gasteiger partial charge in [-0.15, -0.1) is 0 Å². The van der Waals surface area contributed by atoms with Gasteiger partial charge in [-0.2, -0.15) is 0 Å². The molecule has 3 unspecified atom stereocenters. The lowest BCUT2D eigenvalue weighted by atomic mass is 9.83. The predicted molar refractivity (Wildman–Crippen MR) is 128 cm³/mol. The molecule has 34 heavy (non-hydrogen) atoms. The molecule has 0 radical (unpaired) electrons. The van der Waals surface area contributed by atoms with Crippen LogP contribution in [0, 0.1) is 17.2 Å². The highest BCUT2D eigenvalue weighted by molar-refractivity contribution is 6.76. The van der Waals surface area contributed by atoms with Crippen LogP contribution >= 0.6 is 34.8 Å². The Morgan fingerprint density at radius 1 is 0.882 bits per heavy atom. The molecule has 10 heteroatoms. The molecule has 0 aromatic heterocycles. The Bertz CT molecular complexity index is 997. The largest absolute Gasteiger partial charge is 0.459 e. The number of ether oxygens (including phenoxy) is 4. The van der Waals surface area contributed by atoms with Crippen molar-refractivity contribution in [3.05, 3.63) is 71.8 Å². The van der Waals surface area contributed by atoms with E-state index in [1.54, 1.807) is 60.7 Å². The minimum atomic E-state index is -2.14. The van der Waals surface area contributed by atoms with Gasteiger partial charge in [-0.05, 0) is 30.2 Å². The third-order valence-electron chi connectivity index (χ3n) is 5.64. The first-order valence-electron chi connectivity index (χ1n) is 10.5. The molecule has 2 aromatic rings. The summed E-state index contributed by atoms with van der Waals surface area (Å²) in [5.74, 6) is -2.30. The van der Waals surface area contributed by atoms with Crippen molar-refractivity contribution in [3.8, 4) is 0 Å². The number of nitrogens with one attached hydrogen (secondary N) is 1. The Balaban J connectivity index is 1.76. The van der Waals surface area contributed by atoms with Gasteiger partial charge in [0.1, 0.15) is 6.61 Å². The average Bonchev–Trinajstić information content (AvgIpc) is 2.82. The molecule has 3 rings (SSSR count). The average molecular weight is 529 g/mol. The molecule has 5 atom stereocenters. The summed E-state index contributed by atoms with van der Waals surface area (Å²) in [6.45, 7) is 3.64. The molecule has 0 amide bonds. The first-order chi connectivity index (χ1) is 16.1. The zero-order valence-corrected chi connectivity index (χ0v) is 20.7. The molecule has 1 saturated heterocycles. The molecule has 0 aliphatic carbocycles. The van der Waals surface area contributed by atoms with Gasteiger partial charge >= 0.3 is 11.9 Å². The van der Waals surface area contributed by atoms with Gasteiger partial charge < -0.3 is 18.9 Å². The maximum atomic E-state index is 12.7. The fourth-order valence-electron chi connectivity index (χ4n) is 3.47. The van der Waals surface area contributed by atoms with E-state index in [4.69, 9.17) is 59.2 Å². The lowest BCUT2D eigenvalue weighted by molar-refractivity contribution is -0.249. The lowest BCUT2D eigenvalue weighted by Gasteiger charge is -2.43. The smallest absolute Gasteiger partial charge is 0.338 e. The van der Waals surface area contributed by atoms with Crippen LogP contribution in [0.2, 0.25) is 0 Å². The summed E-state index contributed by atoms with van der Waals surface area (Å²) >= 11 is 17.3. The Hall–Kier alpha value is -2.32. The van der Waals surface area contributed by atoms with Crippen molar-refractivity contribution in [2.45, 2.75) is 36.1 Å². The fraction of sp³-hybridized carbons (Fsp3) is 0.375. The molecule has 0 bridgehead atoms. The van der Waals surface area contributed by atoms with Gasteiger partial charge in [-0.3, -0.25) is 5.41 Å². The molecule has 182 valence electrons. The van der Waals surface area contributed by atoms with Crippen molar-refractivity contribution < 1.29 is 28.5 Å². The van der Waals surface area contributed by atoms with Crippen LogP contribution in [0.1, 0.15) is 34.6 Å². The Morgan fingerprint density at radius 2 is 1.41 bits per heavy atom. The van der Waals surface area contributed by atoms with E-state index in [-0.39, 0.29) is 18.4 Å². The summed E-state index contributed by atoms with van der Waals surface area (Å²) in [4.78, 5) is 25.1. The van der Waals surface area contributed by atoms with Crippen molar-refractivity contribution in [2.24, 2.45) is 11.8 Å². The van der Waals surface area contributed by atoms with Gasteiger partial charge in [0.05, 0.1) is 17.2 Å². The molecule has 1 N–H and O–H groups in total. The normalized spacial score (nSPS) is 24.7. The molecule has 1 fully saturated rings. The Morgan fingerprint density at radius 3 is 1.94 bits per heavy atom. The molecule has 1 heterocycles. The van der Waals surface area contributed by atoms with E-state index in [1.165, 1.54) is 0 Å². The van der Waals surface area contributed by atoms with Crippen molar-refractivity contribution in [1.29, 1.82) is 5.41 Å². The van der Waals surface area contributed by atoms with Crippen molar-refractivity contribution >= 4 is 52.6 Å². The second-order valence-corrected chi connectivity index (χ2v) is 10.2. The Labute approximate surface area is 212 Å². The van der Waals surface area contributed by atoms with E-state index in [9.17, 15) is 9.59 Å². The third-order valence-corrected chi connectivity index (χ3v) is 6.16. The van der Waals surface area contributed by atoms with Gasteiger partial charge in [0.2, 0.25) is 12.2 Å². The van der Waals surface area contributed by atoms with Crippen molar-refractivity contribution in [3.63, 3.8) is 0 Å². The number of halogens is 3. The molecular weight excluding hydrogens is 505 g/mol. The van der Waals surface area contributed by atoms with E-state index in [1.807, 2.05) is 13.8 Å². The second kappa shape index (κ2) is 11.4. The zero-order chi connectivity index (χ0) is 24.9. The first kappa shape index (κ1) is 26.3. The van der Waals surface area contributed by atoms with Gasteiger partial charge in [0.25, 0.3) is 3.79 Å². The number of carbonyl (C=O) groups excluding carboxylic acids is 2. The SMILES string of the molecule is CC1[C@H](C)C(COC(=O)c2ccccc2)OC(OC(=N)C(Cl)(Cl)Cl)[C@H]1OC(=O)c1ccccc1. The number of hydrogen-bond acceptors (Lipinski definition) is 7. The van der Waals surface area contributed by atoms with Crippen LogP contribution in [0.15, 0.2) is 60.7 Å². The molecule has 7 nitrogen and oxygen atoms in total. The third kappa shape index (κ3) is 6.63. The van der Waals surface area contributed by atoms with Crippen LogP contribution in [-0.4, -0.2) is 46.7 Å². The minimum absolute atomic E-state index is 0.0838.